The Balaban J connectivity index is 0.910. The molecule has 13 nitrogen and oxygen atoms in total. The molecule has 13 heteroatoms. The van der Waals surface area contributed by atoms with Crippen molar-refractivity contribution in [2.24, 2.45) is 9.98 Å². The fraction of sp³-hybridized carbons (Fsp3) is 0.312. The third-order valence-corrected chi connectivity index (χ3v) is 11.0. The van der Waals surface area contributed by atoms with E-state index in [1.165, 1.54) is 23.8 Å². The lowest BCUT2D eigenvalue weighted by Crippen LogP contribution is -2.32. The van der Waals surface area contributed by atoms with Crippen LogP contribution in [0.5, 0.6) is 23.0 Å². The summed E-state index contributed by atoms with van der Waals surface area (Å²) in [7, 11) is 8.42. The van der Waals surface area contributed by atoms with E-state index < -0.39 is 5.97 Å². The quantitative estimate of drug-likeness (QED) is 0.0454. The molecule has 2 atom stereocenters. The molecule has 0 aromatic heterocycles. The van der Waals surface area contributed by atoms with E-state index in [-0.39, 0.29) is 18.0 Å². The van der Waals surface area contributed by atoms with Crippen LogP contribution in [0.15, 0.2) is 95.2 Å². The highest BCUT2D eigenvalue weighted by molar-refractivity contribution is 6.05. The predicted octanol–water partition coefficient (Wildman–Crippen LogP) is 8.07. The second-order valence-electron chi connectivity index (χ2n) is 15.0. The second-order valence-corrected chi connectivity index (χ2v) is 15.0. The molecule has 0 aliphatic carbocycles. The smallest absolute Gasteiger partial charge is 0.337 e. The molecule has 61 heavy (non-hydrogen) atoms. The van der Waals surface area contributed by atoms with E-state index in [1.807, 2.05) is 38.6 Å². The summed E-state index contributed by atoms with van der Waals surface area (Å²) in [5.41, 5.74) is 7.86. The maximum absolute atomic E-state index is 13.8. The molecule has 3 aliphatic rings. The first-order valence-electron chi connectivity index (χ1n) is 20.3. The van der Waals surface area contributed by atoms with Crippen LogP contribution in [0, 0.1) is 0 Å². The van der Waals surface area contributed by atoms with Crippen molar-refractivity contribution in [2.75, 3.05) is 48.6 Å². The number of carbonyl (C=O) groups is 3. The van der Waals surface area contributed by atoms with E-state index in [9.17, 15) is 14.4 Å². The van der Waals surface area contributed by atoms with Crippen molar-refractivity contribution < 1.29 is 38.1 Å². The number of nitrogens with one attached hydrogen (secondary N) is 1. The average Bonchev–Trinajstić information content (AvgIpc) is 3.87. The van der Waals surface area contributed by atoms with Gasteiger partial charge >= 0.3 is 5.97 Å². The third kappa shape index (κ3) is 9.68. The lowest BCUT2D eigenvalue weighted by Gasteiger charge is -2.19. The lowest BCUT2D eigenvalue weighted by atomic mass is 10.0. The van der Waals surface area contributed by atoms with Crippen molar-refractivity contribution in [3.63, 3.8) is 0 Å². The van der Waals surface area contributed by atoms with Crippen LogP contribution < -0.4 is 24.3 Å². The van der Waals surface area contributed by atoms with E-state index in [0.29, 0.717) is 70.7 Å². The standard InChI is InChI=1S/C48H51N5O8/c1-49-25-31-9-11-32(12-10-31)35-19-38(52(2)28-35)26-50-41-23-45(43(57-3)21-37(41)30-54)60-17-7-6-8-18-61-46-24-42-40(22-44(46)58-4)47(55)53-29-36(20-39(53)27-51-42)33-13-15-34(16-14-33)48(56)59-5/h9-16,21-24,26-30,38-39,49H,6-8,17-20,25H2,1-5H3/b50-26-. The molecule has 0 saturated heterocycles. The molecule has 0 bridgehead atoms. The number of methoxy groups -OCH3 is 3. The van der Waals surface area contributed by atoms with E-state index >= 15 is 0 Å². The van der Waals surface area contributed by atoms with Gasteiger partial charge in [-0.2, -0.15) is 0 Å². The van der Waals surface area contributed by atoms with Gasteiger partial charge in [0.05, 0.1) is 69.1 Å². The molecule has 0 radical (unpaired) electrons. The Bertz CT molecular complexity index is 2370. The first-order valence-corrected chi connectivity index (χ1v) is 20.3. The van der Waals surface area contributed by atoms with Crippen LogP contribution in [0.2, 0.25) is 0 Å². The van der Waals surface area contributed by atoms with Crippen molar-refractivity contribution in [3.8, 4) is 23.0 Å². The van der Waals surface area contributed by atoms with Crippen LogP contribution in [0.3, 0.4) is 0 Å². The van der Waals surface area contributed by atoms with Gasteiger partial charge in [-0.1, -0.05) is 36.4 Å². The molecule has 1 N–H and O–H groups in total. The number of aldehydes is 1. The number of nitrogens with zero attached hydrogens (tertiary/aromatic N) is 4. The molecular weight excluding hydrogens is 775 g/mol. The molecule has 3 heterocycles. The van der Waals surface area contributed by atoms with Gasteiger partial charge in [0.15, 0.2) is 29.3 Å². The lowest BCUT2D eigenvalue weighted by molar-refractivity contribution is 0.0600. The van der Waals surface area contributed by atoms with Gasteiger partial charge in [0, 0.05) is 62.5 Å². The van der Waals surface area contributed by atoms with Crippen molar-refractivity contribution >= 4 is 53.1 Å². The molecular formula is C48H51N5O8. The van der Waals surface area contributed by atoms with E-state index in [4.69, 9.17) is 33.7 Å². The number of ether oxygens (including phenoxy) is 5. The monoisotopic (exact) mass is 825 g/mol. The zero-order chi connectivity index (χ0) is 42.9. The number of hydrogen-bond donors (Lipinski definition) is 1. The van der Waals surface area contributed by atoms with E-state index in [0.717, 1.165) is 49.7 Å². The van der Waals surface area contributed by atoms with Gasteiger partial charge in [-0.3, -0.25) is 19.6 Å². The second kappa shape index (κ2) is 19.6. The summed E-state index contributed by atoms with van der Waals surface area (Å²) in [6, 6.07) is 22.4. The summed E-state index contributed by atoms with van der Waals surface area (Å²) in [5.74, 6) is 1.35. The molecule has 4 aromatic carbocycles. The zero-order valence-corrected chi connectivity index (χ0v) is 35.2. The molecule has 316 valence electrons. The third-order valence-electron chi connectivity index (χ3n) is 11.0. The molecule has 0 spiro atoms. The zero-order valence-electron chi connectivity index (χ0n) is 35.2. The van der Waals surface area contributed by atoms with Crippen LogP contribution in [-0.2, 0) is 11.3 Å². The maximum atomic E-state index is 13.8. The van der Waals surface area contributed by atoms with Gasteiger partial charge in [-0.05, 0) is 84.8 Å². The van der Waals surface area contributed by atoms with Gasteiger partial charge < -0.3 is 38.8 Å². The Kier molecular flexibility index (Phi) is 13.6. The Morgan fingerprint density at radius 3 is 2.15 bits per heavy atom. The molecule has 2 unspecified atom stereocenters. The molecule has 3 aliphatic heterocycles. The van der Waals surface area contributed by atoms with Crippen LogP contribution >= 0.6 is 0 Å². The number of amides is 1. The molecule has 0 fully saturated rings. The number of rotatable bonds is 18. The number of unbranched alkanes of at least 4 members (excludes halogenated alkanes) is 2. The summed E-state index contributed by atoms with van der Waals surface area (Å²) >= 11 is 0. The Labute approximate surface area is 356 Å². The van der Waals surface area contributed by atoms with Crippen molar-refractivity contribution in [2.45, 2.75) is 50.7 Å². The fourth-order valence-corrected chi connectivity index (χ4v) is 7.62. The minimum atomic E-state index is -0.400. The normalized spacial score (nSPS) is 16.8. The average molecular weight is 826 g/mol. The minimum Gasteiger partial charge on any atom is -0.493 e. The van der Waals surface area contributed by atoms with Crippen molar-refractivity contribution in [1.29, 1.82) is 0 Å². The number of carbonyl (C=O) groups excluding carboxylic acids is 3. The van der Waals surface area contributed by atoms with Crippen molar-refractivity contribution in [3.05, 3.63) is 119 Å². The molecule has 4 aromatic rings. The summed E-state index contributed by atoms with van der Waals surface area (Å²) in [6.07, 6.45) is 12.2. The summed E-state index contributed by atoms with van der Waals surface area (Å²) in [4.78, 5) is 51.0. The first-order chi connectivity index (χ1) is 29.7. The van der Waals surface area contributed by atoms with Crippen LogP contribution in [-0.4, -0.2) is 101 Å². The van der Waals surface area contributed by atoms with Crippen molar-refractivity contribution in [1.82, 2.24) is 15.1 Å². The Morgan fingerprint density at radius 1 is 0.836 bits per heavy atom. The Hall–Kier alpha value is -6.73. The van der Waals surface area contributed by atoms with Gasteiger partial charge in [0.1, 0.15) is 0 Å². The highest BCUT2D eigenvalue weighted by Gasteiger charge is 2.33. The molecule has 0 saturated carbocycles. The highest BCUT2D eigenvalue weighted by atomic mass is 16.5. The number of aliphatic imine (C=N–C) groups is 2. The van der Waals surface area contributed by atoms with E-state index in [2.05, 4.69) is 40.7 Å². The van der Waals surface area contributed by atoms with Crippen LogP contribution in [0.4, 0.5) is 11.4 Å². The topological polar surface area (TPSA) is 141 Å². The minimum absolute atomic E-state index is 0.0394. The van der Waals surface area contributed by atoms with E-state index in [1.54, 1.807) is 61.7 Å². The number of hydrogen-bond acceptors (Lipinski definition) is 12. The van der Waals surface area contributed by atoms with Gasteiger partial charge in [0.25, 0.3) is 5.91 Å². The summed E-state index contributed by atoms with van der Waals surface area (Å²) in [6.45, 7) is 1.68. The molecule has 1 amide bonds. The van der Waals surface area contributed by atoms with Gasteiger partial charge in [-0.15, -0.1) is 0 Å². The summed E-state index contributed by atoms with van der Waals surface area (Å²) in [5, 5.41) is 3.18. The number of benzene rings is 4. The maximum Gasteiger partial charge on any atom is 0.337 e. The summed E-state index contributed by atoms with van der Waals surface area (Å²) < 4.78 is 28.3. The first kappa shape index (κ1) is 42.4. The van der Waals surface area contributed by atoms with Gasteiger partial charge in [0.2, 0.25) is 0 Å². The van der Waals surface area contributed by atoms with Crippen LogP contribution in [0.25, 0.3) is 11.1 Å². The molecule has 7 rings (SSSR count). The largest absolute Gasteiger partial charge is 0.493 e. The highest BCUT2D eigenvalue weighted by Crippen LogP contribution is 2.40. The SMILES string of the molecule is CNCc1ccc(C2=CN(C)C(/C=N\c3cc(OCCCCCOc4cc5c(cc4OC)C(=O)N4C=C(c6ccc(C(=O)OC)cc6)CC4C=N5)c(OC)cc3C=O)C2)cc1. The number of esters is 1. The fourth-order valence-electron chi connectivity index (χ4n) is 7.62. The Morgan fingerprint density at radius 2 is 1.49 bits per heavy atom. The predicted molar refractivity (Wildman–Crippen MR) is 236 cm³/mol. The van der Waals surface area contributed by atoms with Gasteiger partial charge in [-0.25, -0.2) is 4.79 Å². The number of fused-ring (bicyclic) bond motifs is 2. The van der Waals surface area contributed by atoms with Crippen LogP contribution in [0.1, 0.15) is 79.9 Å².